The van der Waals surface area contributed by atoms with Crippen molar-refractivity contribution in [1.82, 2.24) is 19.9 Å². The molecule has 0 bridgehead atoms. The molecule has 0 aliphatic carbocycles. The maximum Gasteiger partial charge on any atom is 0.255 e. The van der Waals surface area contributed by atoms with Gasteiger partial charge in [0.25, 0.3) is 5.91 Å². The lowest BCUT2D eigenvalue weighted by Crippen LogP contribution is -2.49. The Balaban J connectivity index is 1.36. The molecule has 154 valence electrons. The SMILES string of the molecule is CCOc1ccc(C(=O)N2CCN(c3cc(N4CCCCC4)ncn3)CC2)cn1. The van der Waals surface area contributed by atoms with Gasteiger partial charge in [-0.1, -0.05) is 0 Å². The van der Waals surface area contributed by atoms with Gasteiger partial charge in [0.15, 0.2) is 0 Å². The highest BCUT2D eigenvalue weighted by molar-refractivity contribution is 5.94. The molecule has 4 heterocycles. The number of rotatable bonds is 5. The van der Waals surface area contributed by atoms with E-state index in [-0.39, 0.29) is 5.91 Å². The van der Waals surface area contributed by atoms with Crippen molar-refractivity contribution in [2.75, 3.05) is 55.7 Å². The molecule has 0 aromatic carbocycles. The van der Waals surface area contributed by atoms with Crippen LogP contribution in [-0.4, -0.2) is 71.6 Å². The molecule has 2 aliphatic rings. The van der Waals surface area contributed by atoms with E-state index in [1.54, 1.807) is 24.7 Å². The first-order valence-electron chi connectivity index (χ1n) is 10.4. The van der Waals surface area contributed by atoms with Gasteiger partial charge in [-0.15, -0.1) is 0 Å². The number of amides is 1. The third kappa shape index (κ3) is 4.58. The van der Waals surface area contributed by atoms with Gasteiger partial charge in [-0.2, -0.15) is 0 Å². The smallest absolute Gasteiger partial charge is 0.255 e. The summed E-state index contributed by atoms with van der Waals surface area (Å²) in [7, 11) is 0. The van der Waals surface area contributed by atoms with Gasteiger partial charge >= 0.3 is 0 Å². The Hall–Kier alpha value is -2.90. The van der Waals surface area contributed by atoms with Crippen molar-refractivity contribution < 1.29 is 9.53 Å². The van der Waals surface area contributed by atoms with Crippen LogP contribution < -0.4 is 14.5 Å². The second kappa shape index (κ2) is 9.07. The van der Waals surface area contributed by atoms with Crippen molar-refractivity contribution in [1.29, 1.82) is 0 Å². The normalized spacial score (nSPS) is 17.3. The molecule has 0 saturated carbocycles. The third-order valence-electron chi connectivity index (χ3n) is 5.48. The summed E-state index contributed by atoms with van der Waals surface area (Å²) in [5.41, 5.74) is 0.594. The largest absolute Gasteiger partial charge is 0.478 e. The molecule has 2 aromatic rings. The zero-order chi connectivity index (χ0) is 20.1. The van der Waals surface area contributed by atoms with E-state index < -0.39 is 0 Å². The van der Waals surface area contributed by atoms with Crippen molar-refractivity contribution >= 4 is 17.5 Å². The Morgan fingerprint density at radius 3 is 2.24 bits per heavy atom. The van der Waals surface area contributed by atoms with Gasteiger partial charge in [-0.05, 0) is 32.3 Å². The fourth-order valence-electron chi connectivity index (χ4n) is 3.87. The second-order valence-corrected chi connectivity index (χ2v) is 7.38. The minimum absolute atomic E-state index is 0.0110. The van der Waals surface area contributed by atoms with E-state index in [9.17, 15) is 4.79 Å². The van der Waals surface area contributed by atoms with Crippen LogP contribution in [0.1, 0.15) is 36.5 Å². The molecule has 2 aliphatic heterocycles. The van der Waals surface area contributed by atoms with E-state index in [0.717, 1.165) is 37.8 Å². The van der Waals surface area contributed by atoms with Crippen LogP contribution in [0.2, 0.25) is 0 Å². The Morgan fingerprint density at radius 1 is 0.931 bits per heavy atom. The van der Waals surface area contributed by atoms with Crippen LogP contribution in [0.15, 0.2) is 30.7 Å². The van der Waals surface area contributed by atoms with E-state index in [1.165, 1.54) is 19.3 Å². The highest BCUT2D eigenvalue weighted by Crippen LogP contribution is 2.22. The molecule has 0 atom stereocenters. The maximum atomic E-state index is 12.8. The molecule has 2 saturated heterocycles. The number of nitrogens with zero attached hydrogens (tertiary/aromatic N) is 6. The minimum atomic E-state index is 0.0110. The number of carbonyl (C=O) groups excluding carboxylic acids is 1. The predicted octanol–water partition coefficient (Wildman–Crippen LogP) is 2.22. The lowest BCUT2D eigenvalue weighted by atomic mass is 10.1. The van der Waals surface area contributed by atoms with Crippen molar-refractivity contribution in [3.05, 3.63) is 36.3 Å². The Morgan fingerprint density at radius 2 is 1.62 bits per heavy atom. The van der Waals surface area contributed by atoms with Gasteiger partial charge in [-0.3, -0.25) is 4.79 Å². The van der Waals surface area contributed by atoms with Gasteiger partial charge < -0.3 is 19.4 Å². The average molecular weight is 396 g/mol. The van der Waals surface area contributed by atoms with Gasteiger partial charge in [0, 0.05) is 57.6 Å². The molecule has 0 radical (unpaired) electrons. The number of pyridine rings is 1. The number of anilines is 2. The van der Waals surface area contributed by atoms with Crippen LogP contribution in [0.4, 0.5) is 11.6 Å². The highest BCUT2D eigenvalue weighted by atomic mass is 16.5. The first-order valence-corrected chi connectivity index (χ1v) is 10.4. The standard InChI is InChI=1S/C21H28N6O2/c1-2-29-20-7-6-17(15-22-20)21(28)27-12-10-26(11-13-27)19-14-18(23-16-24-19)25-8-4-3-5-9-25/h6-7,14-16H,2-5,8-13H2,1H3. The number of piperidine rings is 1. The van der Waals surface area contributed by atoms with E-state index in [2.05, 4.69) is 30.8 Å². The Bertz CT molecular complexity index is 814. The van der Waals surface area contributed by atoms with Gasteiger partial charge in [-0.25, -0.2) is 15.0 Å². The third-order valence-corrected chi connectivity index (χ3v) is 5.48. The molecule has 2 fully saturated rings. The lowest BCUT2D eigenvalue weighted by Gasteiger charge is -2.36. The lowest BCUT2D eigenvalue weighted by molar-refractivity contribution is 0.0746. The highest BCUT2D eigenvalue weighted by Gasteiger charge is 2.24. The zero-order valence-corrected chi connectivity index (χ0v) is 17.0. The van der Waals surface area contributed by atoms with Crippen LogP contribution in [0.5, 0.6) is 5.88 Å². The Labute approximate surface area is 171 Å². The fraction of sp³-hybridized carbons (Fsp3) is 0.524. The Kier molecular flexibility index (Phi) is 6.07. The molecule has 2 aromatic heterocycles. The van der Waals surface area contributed by atoms with Crippen molar-refractivity contribution in [3.8, 4) is 5.88 Å². The topological polar surface area (TPSA) is 74.7 Å². The molecular formula is C21H28N6O2. The molecule has 29 heavy (non-hydrogen) atoms. The summed E-state index contributed by atoms with van der Waals surface area (Å²) in [5, 5.41) is 0. The molecule has 4 rings (SSSR count). The van der Waals surface area contributed by atoms with Gasteiger partial charge in [0.05, 0.1) is 12.2 Å². The van der Waals surface area contributed by atoms with Crippen LogP contribution >= 0.6 is 0 Å². The first-order chi connectivity index (χ1) is 14.2. The number of hydrogen-bond donors (Lipinski definition) is 0. The summed E-state index contributed by atoms with van der Waals surface area (Å²) < 4.78 is 5.34. The van der Waals surface area contributed by atoms with E-state index in [0.29, 0.717) is 31.1 Å². The first kappa shape index (κ1) is 19.4. The zero-order valence-electron chi connectivity index (χ0n) is 17.0. The summed E-state index contributed by atoms with van der Waals surface area (Å²) in [6.45, 7) is 7.44. The van der Waals surface area contributed by atoms with Gasteiger partial charge in [0.2, 0.25) is 5.88 Å². The van der Waals surface area contributed by atoms with Crippen molar-refractivity contribution in [2.45, 2.75) is 26.2 Å². The van der Waals surface area contributed by atoms with Crippen molar-refractivity contribution in [3.63, 3.8) is 0 Å². The number of aromatic nitrogens is 3. The summed E-state index contributed by atoms with van der Waals surface area (Å²) >= 11 is 0. The molecule has 8 heteroatoms. The monoisotopic (exact) mass is 396 g/mol. The van der Waals surface area contributed by atoms with Crippen LogP contribution in [0.3, 0.4) is 0 Å². The van der Waals surface area contributed by atoms with Crippen LogP contribution in [0, 0.1) is 0 Å². The minimum Gasteiger partial charge on any atom is -0.478 e. The van der Waals surface area contributed by atoms with E-state index in [1.807, 2.05) is 11.8 Å². The average Bonchev–Trinajstić information content (AvgIpc) is 2.80. The number of ether oxygens (including phenoxy) is 1. The van der Waals surface area contributed by atoms with Gasteiger partial charge in [0.1, 0.15) is 18.0 Å². The van der Waals surface area contributed by atoms with Crippen LogP contribution in [0.25, 0.3) is 0 Å². The van der Waals surface area contributed by atoms with Crippen LogP contribution in [-0.2, 0) is 0 Å². The molecular weight excluding hydrogens is 368 g/mol. The second-order valence-electron chi connectivity index (χ2n) is 7.38. The fourth-order valence-corrected chi connectivity index (χ4v) is 3.87. The summed E-state index contributed by atoms with van der Waals surface area (Å²) in [4.78, 5) is 32.4. The molecule has 0 spiro atoms. The number of carbonyl (C=O) groups is 1. The van der Waals surface area contributed by atoms with E-state index in [4.69, 9.17) is 4.74 Å². The summed E-state index contributed by atoms with van der Waals surface area (Å²) in [6.07, 6.45) is 6.99. The molecule has 1 amide bonds. The molecule has 8 nitrogen and oxygen atoms in total. The van der Waals surface area contributed by atoms with Crippen molar-refractivity contribution in [2.24, 2.45) is 0 Å². The molecule has 0 unspecified atom stereocenters. The number of hydrogen-bond acceptors (Lipinski definition) is 7. The van der Waals surface area contributed by atoms with E-state index >= 15 is 0 Å². The summed E-state index contributed by atoms with van der Waals surface area (Å²) in [5.74, 6) is 2.50. The molecule has 0 N–H and O–H groups in total. The predicted molar refractivity (Wildman–Crippen MR) is 112 cm³/mol. The number of piperazine rings is 1. The quantitative estimate of drug-likeness (QED) is 0.767. The maximum absolute atomic E-state index is 12.8. The summed E-state index contributed by atoms with van der Waals surface area (Å²) in [6, 6.07) is 5.61.